The number of aromatic nitrogens is 3. The Kier molecular flexibility index (Phi) is 3.29. The first-order chi connectivity index (χ1) is 9.29. The summed E-state index contributed by atoms with van der Waals surface area (Å²) in [7, 11) is 1.89. The molecule has 0 amide bonds. The molecule has 2 heterocycles. The average Bonchev–Trinajstić information content (AvgIpc) is 3.03. The third-order valence-electron chi connectivity index (χ3n) is 3.28. The summed E-state index contributed by atoms with van der Waals surface area (Å²) in [5, 5.41) is 7.49. The lowest BCUT2D eigenvalue weighted by atomic mass is 10.0. The summed E-state index contributed by atoms with van der Waals surface area (Å²) in [6.07, 6.45) is 2.28. The molecule has 2 aromatic heterocycles. The van der Waals surface area contributed by atoms with Gasteiger partial charge < -0.3 is 0 Å². The maximum Gasteiger partial charge on any atom is 0.138 e. The largest absolute Gasteiger partial charge is 0.271 e. The van der Waals surface area contributed by atoms with Crippen molar-refractivity contribution in [3.63, 3.8) is 0 Å². The predicted octanol–water partition coefficient (Wildman–Crippen LogP) is 1.78. The summed E-state index contributed by atoms with van der Waals surface area (Å²) in [5.41, 5.74) is 4.10. The summed E-state index contributed by atoms with van der Waals surface area (Å²) in [6, 6.07) is 8.39. The van der Waals surface area contributed by atoms with Crippen molar-refractivity contribution in [2.45, 2.75) is 12.5 Å². The number of nitrogens with one attached hydrogen (secondary N) is 1. The molecule has 0 saturated heterocycles. The fourth-order valence-corrected chi connectivity index (χ4v) is 3.23. The van der Waals surface area contributed by atoms with Crippen LogP contribution in [0.4, 0.5) is 0 Å². The number of aryl methyl sites for hydroxylation is 1. The zero-order valence-electron chi connectivity index (χ0n) is 10.6. The van der Waals surface area contributed by atoms with E-state index >= 15 is 0 Å². The first kappa shape index (κ1) is 12.3. The highest BCUT2D eigenvalue weighted by Crippen LogP contribution is 2.31. The molecule has 0 radical (unpaired) electrons. The van der Waals surface area contributed by atoms with Gasteiger partial charge >= 0.3 is 0 Å². The normalized spacial score (nSPS) is 12.9. The lowest BCUT2D eigenvalue weighted by Crippen LogP contribution is -2.30. The van der Waals surface area contributed by atoms with Gasteiger partial charge in [-0.2, -0.15) is 5.10 Å². The Hall–Kier alpha value is -1.76. The number of hydrogen-bond donors (Lipinski definition) is 2. The summed E-state index contributed by atoms with van der Waals surface area (Å²) in [4.78, 5) is 4.25. The molecule has 5 nitrogen and oxygen atoms in total. The Morgan fingerprint density at radius 1 is 1.42 bits per heavy atom. The second kappa shape index (κ2) is 5.08. The standard InChI is InChI=1S/C13H15N5S/c1-18-13(15-8-16-18)6-11(17-14)10-7-19-12-5-3-2-4-9(10)12/h2-5,7-8,11,17H,6,14H2,1H3. The lowest BCUT2D eigenvalue weighted by Gasteiger charge is -2.14. The molecule has 3 N–H and O–H groups in total. The van der Waals surface area contributed by atoms with Crippen molar-refractivity contribution in [2.24, 2.45) is 12.9 Å². The number of hydrazine groups is 1. The minimum atomic E-state index is 0.0408. The Morgan fingerprint density at radius 2 is 2.26 bits per heavy atom. The second-order valence-electron chi connectivity index (χ2n) is 4.41. The predicted molar refractivity (Wildman–Crippen MR) is 76.6 cm³/mol. The van der Waals surface area contributed by atoms with Crippen molar-refractivity contribution >= 4 is 21.4 Å². The molecular formula is C13H15N5S. The van der Waals surface area contributed by atoms with Gasteiger partial charge in [-0.25, -0.2) is 4.98 Å². The maximum atomic E-state index is 5.72. The quantitative estimate of drug-likeness (QED) is 0.561. The van der Waals surface area contributed by atoms with E-state index in [-0.39, 0.29) is 6.04 Å². The van der Waals surface area contributed by atoms with E-state index in [0.717, 1.165) is 5.82 Å². The maximum absolute atomic E-state index is 5.72. The first-order valence-corrected chi connectivity index (χ1v) is 6.92. The van der Waals surface area contributed by atoms with E-state index in [1.54, 1.807) is 22.3 Å². The van der Waals surface area contributed by atoms with Gasteiger partial charge in [0.05, 0.1) is 6.04 Å². The van der Waals surface area contributed by atoms with Gasteiger partial charge in [0.25, 0.3) is 0 Å². The second-order valence-corrected chi connectivity index (χ2v) is 5.32. The van der Waals surface area contributed by atoms with Crippen molar-refractivity contribution in [3.05, 3.63) is 47.4 Å². The molecule has 0 fully saturated rings. The van der Waals surface area contributed by atoms with Crippen LogP contribution in [0.2, 0.25) is 0 Å². The monoisotopic (exact) mass is 273 g/mol. The van der Waals surface area contributed by atoms with E-state index in [4.69, 9.17) is 5.84 Å². The average molecular weight is 273 g/mol. The topological polar surface area (TPSA) is 68.8 Å². The third-order valence-corrected chi connectivity index (χ3v) is 4.26. The minimum Gasteiger partial charge on any atom is -0.271 e. The molecule has 0 bridgehead atoms. The number of thiophene rings is 1. The van der Waals surface area contributed by atoms with E-state index in [0.29, 0.717) is 6.42 Å². The van der Waals surface area contributed by atoms with Crippen LogP contribution in [0.3, 0.4) is 0 Å². The van der Waals surface area contributed by atoms with E-state index in [1.165, 1.54) is 15.6 Å². The van der Waals surface area contributed by atoms with Crippen LogP contribution in [0.25, 0.3) is 10.1 Å². The molecular weight excluding hydrogens is 258 g/mol. The number of rotatable bonds is 4. The van der Waals surface area contributed by atoms with Crippen LogP contribution >= 0.6 is 11.3 Å². The fraction of sp³-hybridized carbons (Fsp3) is 0.231. The molecule has 0 aliphatic heterocycles. The van der Waals surface area contributed by atoms with E-state index in [1.807, 2.05) is 7.05 Å². The van der Waals surface area contributed by atoms with Gasteiger partial charge in [0.2, 0.25) is 0 Å². The van der Waals surface area contributed by atoms with Gasteiger partial charge in [-0.15, -0.1) is 11.3 Å². The van der Waals surface area contributed by atoms with Crippen LogP contribution in [-0.4, -0.2) is 14.8 Å². The molecule has 0 saturated carbocycles. The van der Waals surface area contributed by atoms with Crippen molar-refractivity contribution < 1.29 is 0 Å². The molecule has 1 unspecified atom stereocenters. The van der Waals surface area contributed by atoms with Gasteiger partial charge in [0.15, 0.2) is 0 Å². The van der Waals surface area contributed by atoms with Crippen molar-refractivity contribution in [1.29, 1.82) is 0 Å². The van der Waals surface area contributed by atoms with E-state index < -0.39 is 0 Å². The summed E-state index contributed by atoms with van der Waals surface area (Å²) >= 11 is 1.74. The third kappa shape index (κ3) is 2.25. The molecule has 0 aliphatic rings. The van der Waals surface area contributed by atoms with Crippen LogP contribution in [0.15, 0.2) is 36.0 Å². The lowest BCUT2D eigenvalue weighted by molar-refractivity contribution is 0.527. The van der Waals surface area contributed by atoms with Crippen molar-refractivity contribution in [3.8, 4) is 0 Å². The molecule has 0 spiro atoms. The van der Waals surface area contributed by atoms with Crippen molar-refractivity contribution in [1.82, 2.24) is 20.2 Å². The van der Waals surface area contributed by atoms with Crippen LogP contribution in [0.1, 0.15) is 17.4 Å². The van der Waals surface area contributed by atoms with E-state index in [9.17, 15) is 0 Å². The number of benzene rings is 1. The zero-order chi connectivity index (χ0) is 13.2. The fourth-order valence-electron chi connectivity index (χ4n) is 2.21. The highest BCUT2D eigenvalue weighted by molar-refractivity contribution is 7.17. The number of fused-ring (bicyclic) bond motifs is 1. The van der Waals surface area contributed by atoms with Gasteiger partial charge in [0.1, 0.15) is 12.2 Å². The highest BCUT2D eigenvalue weighted by atomic mass is 32.1. The summed E-state index contributed by atoms with van der Waals surface area (Å²) < 4.78 is 3.05. The smallest absolute Gasteiger partial charge is 0.138 e. The zero-order valence-corrected chi connectivity index (χ0v) is 11.4. The Labute approximate surface area is 115 Å². The van der Waals surface area contributed by atoms with Gasteiger partial charge in [-0.3, -0.25) is 16.0 Å². The van der Waals surface area contributed by atoms with Crippen LogP contribution in [-0.2, 0) is 13.5 Å². The Balaban J connectivity index is 1.96. The van der Waals surface area contributed by atoms with Gasteiger partial charge in [-0.05, 0) is 22.4 Å². The van der Waals surface area contributed by atoms with Gasteiger partial charge in [-0.1, -0.05) is 18.2 Å². The molecule has 0 aliphatic carbocycles. The number of nitrogens with two attached hydrogens (primary N) is 1. The number of nitrogens with zero attached hydrogens (tertiary/aromatic N) is 3. The summed E-state index contributed by atoms with van der Waals surface area (Å²) in [6.45, 7) is 0. The van der Waals surface area contributed by atoms with E-state index in [2.05, 4.69) is 45.2 Å². The molecule has 3 aromatic rings. The Morgan fingerprint density at radius 3 is 3.00 bits per heavy atom. The Bertz CT molecular complexity index is 687. The van der Waals surface area contributed by atoms with Crippen LogP contribution < -0.4 is 11.3 Å². The SMILES string of the molecule is Cn1ncnc1CC(NN)c1csc2ccccc12. The van der Waals surface area contributed by atoms with Crippen LogP contribution in [0, 0.1) is 0 Å². The number of hydrogen-bond acceptors (Lipinski definition) is 5. The van der Waals surface area contributed by atoms with Crippen molar-refractivity contribution in [2.75, 3.05) is 0 Å². The molecule has 98 valence electrons. The highest BCUT2D eigenvalue weighted by Gasteiger charge is 2.17. The molecule has 19 heavy (non-hydrogen) atoms. The molecule has 3 rings (SSSR count). The van der Waals surface area contributed by atoms with Gasteiger partial charge in [0, 0.05) is 18.2 Å². The molecule has 1 aromatic carbocycles. The minimum absolute atomic E-state index is 0.0408. The first-order valence-electron chi connectivity index (χ1n) is 6.04. The molecule has 6 heteroatoms. The summed E-state index contributed by atoms with van der Waals surface area (Å²) in [5.74, 6) is 6.63. The van der Waals surface area contributed by atoms with Crippen LogP contribution in [0.5, 0.6) is 0 Å². The molecule has 1 atom stereocenters.